The van der Waals surface area contributed by atoms with Gasteiger partial charge in [0.2, 0.25) is 0 Å². The van der Waals surface area contributed by atoms with Gasteiger partial charge >= 0.3 is 0 Å². The third-order valence-corrected chi connectivity index (χ3v) is 9.31. The summed E-state index contributed by atoms with van der Waals surface area (Å²) in [5.74, 6) is -1.12. The number of benzene rings is 1. The molecule has 0 N–H and O–H groups in total. The van der Waals surface area contributed by atoms with Gasteiger partial charge < -0.3 is 4.90 Å². The summed E-state index contributed by atoms with van der Waals surface area (Å²) in [7, 11) is -5.67. The molecule has 9 heteroatoms. The summed E-state index contributed by atoms with van der Waals surface area (Å²) in [5, 5.41) is -1.08. The number of hydrogen-bond donors (Lipinski definition) is 0. The maximum absolute atomic E-state index is 13.6. The molecular weight excluding hydrogens is 403 g/mol. The van der Waals surface area contributed by atoms with E-state index in [2.05, 4.69) is 4.98 Å². The van der Waals surface area contributed by atoms with Crippen LogP contribution in [-0.4, -0.2) is 63.1 Å². The third kappa shape index (κ3) is 4.42. The lowest BCUT2D eigenvalue weighted by molar-refractivity contribution is 0.266. The highest BCUT2D eigenvalue weighted by molar-refractivity contribution is 7.96. The zero-order valence-electron chi connectivity index (χ0n) is 15.7. The number of aryl methyl sites for hydroxylation is 1. The quantitative estimate of drug-likeness (QED) is 0.653. The molecule has 0 bridgehead atoms. The van der Waals surface area contributed by atoms with Gasteiger partial charge in [0.25, 0.3) is 0 Å². The second kappa shape index (κ2) is 7.88. The Kier molecular flexibility index (Phi) is 5.88. The number of hydrogen-bond acceptors (Lipinski definition) is 6. The van der Waals surface area contributed by atoms with Gasteiger partial charge in [-0.05, 0) is 61.9 Å². The zero-order valence-corrected chi connectivity index (χ0v) is 17.4. The summed E-state index contributed by atoms with van der Waals surface area (Å²) >= 11 is 0. The first-order chi connectivity index (χ1) is 13.1. The van der Waals surface area contributed by atoms with E-state index in [-0.39, 0.29) is 16.2 Å². The van der Waals surface area contributed by atoms with E-state index < -0.39 is 42.5 Å². The Labute approximate surface area is 165 Å². The molecule has 152 valence electrons. The average Bonchev–Trinajstić information content (AvgIpc) is 2.99. The maximum Gasteiger partial charge on any atom is 0.183 e. The third-order valence-electron chi connectivity index (χ3n) is 5.20. The van der Waals surface area contributed by atoms with Gasteiger partial charge in [0.15, 0.2) is 19.7 Å². The van der Waals surface area contributed by atoms with Crippen LogP contribution < -0.4 is 0 Å². The van der Waals surface area contributed by atoms with Crippen LogP contribution in [0.5, 0.6) is 0 Å². The highest BCUT2D eigenvalue weighted by atomic mass is 32.2. The van der Waals surface area contributed by atoms with Crippen LogP contribution in [-0.2, 0) is 26.1 Å². The standard InChI is InChI=1S/C19H23FN2O4S2/c1-14-11-16(3-4-17(14)20)28(25,26)19-13-27(23,24)12-18(19)22(2)10-7-15-5-8-21-9-6-15/h3-6,8-9,11,18-19H,7,10,12-13H2,1-2H3/t18-,19-/m0/s1. The second-order valence-corrected chi connectivity index (χ2v) is 11.5. The van der Waals surface area contributed by atoms with E-state index in [4.69, 9.17) is 0 Å². The van der Waals surface area contributed by atoms with Crippen molar-refractivity contribution in [1.29, 1.82) is 0 Å². The molecule has 1 aliphatic rings. The van der Waals surface area contributed by atoms with E-state index in [1.807, 2.05) is 12.1 Å². The molecule has 0 amide bonds. The molecule has 2 aromatic rings. The minimum atomic E-state index is -3.92. The van der Waals surface area contributed by atoms with Gasteiger partial charge in [-0.2, -0.15) is 0 Å². The van der Waals surface area contributed by atoms with Gasteiger partial charge in [-0.3, -0.25) is 4.98 Å². The first kappa shape index (κ1) is 20.9. The molecule has 1 fully saturated rings. The molecule has 0 spiro atoms. The molecular formula is C19H23FN2O4S2. The Morgan fingerprint density at radius 2 is 1.86 bits per heavy atom. The van der Waals surface area contributed by atoms with Gasteiger partial charge in [0, 0.05) is 25.0 Å². The molecule has 2 heterocycles. The van der Waals surface area contributed by atoms with Crippen LogP contribution in [0.3, 0.4) is 0 Å². The highest BCUT2D eigenvalue weighted by Crippen LogP contribution is 2.29. The smallest absolute Gasteiger partial charge is 0.183 e. The van der Waals surface area contributed by atoms with Crippen molar-refractivity contribution in [2.75, 3.05) is 25.1 Å². The van der Waals surface area contributed by atoms with Crippen LogP contribution in [0.15, 0.2) is 47.6 Å². The first-order valence-corrected chi connectivity index (χ1v) is 12.3. The molecule has 1 aliphatic heterocycles. The van der Waals surface area contributed by atoms with Crippen molar-refractivity contribution in [3.8, 4) is 0 Å². The fourth-order valence-electron chi connectivity index (χ4n) is 3.49. The zero-order chi connectivity index (χ0) is 20.5. The van der Waals surface area contributed by atoms with Crippen molar-refractivity contribution >= 4 is 19.7 Å². The molecule has 3 rings (SSSR count). The second-order valence-electron chi connectivity index (χ2n) is 7.22. The van der Waals surface area contributed by atoms with Crippen LogP contribution in [0.25, 0.3) is 0 Å². The van der Waals surface area contributed by atoms with Gasteiger partial charge in [-0.15, -0.1) is 0 Å². The van der Waals surface area contributed by atoms with Crippen LogP contribution in [0, 0.1) is 12.7 Å². The van der Waals surface area contributed by atoms with Crippen molar-refractivity contribution in [2.45, 2.75) is 29.5 Å². The Morgan fingerprint density at radius 1 is 1.18 bits per heavy atom. The van der Waals surface area contributed by atoms with Crippen molar-refractivity contribution in [3.05, 3.63) is 59.7 Å². The number of aromatic nitrogens is 1. The lowest BCUT2D eigenvalue weighted by atomic mass is 10.1. The van der Waals surface area contributed by atoms with Crippen molar-refractivity contribution in [3.63, 3.8) is 0 Å². The van der Waals surface area contributed by atoms with Crippen LogP contribution in [0.1, 0.15) is 11.1 Å². The number of pyridine rings is 1. The summed E-state index contributed by atoms with van der Waals surface area (Å²) in [4.78, 5) is 5.72. The summed E-state index contributed by atoms with van der Waals surface area (Å²) in [6.45, 7) is 2.00. The van der Waals surface area contributed by atoms with Crippen LogP contribution in [0.4, 0.5) is 4.39 Å². The highest BCUT2D eigenvalue weighted by Gasteiger charge is 2.47. The van der Waals surface area contributed by atoms with E-state index in [1.54, 1.807) is 24.3 Å². The number of nitrogens with zero attached hydrogens (tertiary/aromatic N) is 2. The average molecular weight is 427 g/mol. The van der Waals surface area contributed by atoms with Gasteiger partial charge in [-0.1, -0.05) is 0 Å². The summed E-state index contributed by atoms with van der Waals surface area (Å²) in [5.41, 5.74) is 1.25. The summed E-state index contributed by atoms with van der Waals surface area (Å²) in [6.07, 6.45) is 4.01. The molecule has 0 radical (unpaired) electrons. The van der Waals surface area contributed by atoms with E-state index >= 15 is 0 Å². The Morgan fingerprint density at radius 3 is 2.50 bits per heavy atom. The molecule has 1 saturated heterocycles. The van der Waals surface area contributed by atoms with Gasteiger partial charge in [0.05, 0.1) is 21.7 Å². The Hall–Kier alpha value is -1.84. The molecule has 28 heavy (non-hydrogen) atoms. The van der Waals surface area contributed by atoms with Crippen molar-refractivity contribution in [2.24, 2.45) is 0 Å². The Bertz CT molecular complexity index is 1060. The van der Waals surface area contributed by atoms with Crippen molar-refractivity contribution < 1.29 is 21.2 Å². The molecule has 1 aromatic heterocycles. The fraction of sp³-hybridized carbons (Fsp3) is 0.421. The lowest BCUT2D eigenvalue weighted by Crippen LogP contribution is -2.45. The fourth-order valence-corrected chi connectivity index (χ4v) is 8.49. The van der Waals surface area contributed by atoms with E-state index in [1.165, 1.54) is 19.1 Å². The number of rotatable bonds is 6. The topological polar surface area (TPSA) is 84.4 Å². The molecule has 2 atom stereocenters. The molecule has 1 aromatic carbocycles. The predicted octanol–water partition coefficient (Wildman–Crippen LogP) is 1.64. The Balaban J connectivity index is 1.86. The molecule has 6 nitrogen and oxygen atoms in total. The number of likely N-dealkylation sites (N-methyl/N-ethyl adjacent to an activating group) is 1. The largest absolute Gasteiger partial charge is 0.301 e. The summed E-state index contributed by atoms with van der Waals surface area (Å²) < 4.78 is 64.4. The lowest BCUT2D eigenvalue weighted by Gasteiger charge is -2.28. The molecule has 0 aliphatic carbocycles. The number of sulfone groups is 2. The number of halogens is 1. The first-order valence-electron chi connectivity index (χ1n) is 8.90. The van der Waals surface area contributed by atoms with Gasteiger partial charge in [-0.25, -0.2) is 21.2 Å². The van der Waals surface area contributed by atoms with E-state index in [0.29, 0.717) is 13.0 Å². The molecule has 0 saturated carbocycles. The van der Waals surface area contributed by atoms with E-state index in [9.17, 15) is 21.2 Å². The minimum Gasteiger partial charge on any atom is -0.301 e. The SMILES string of the molecule is Cc1cc(S(=O)(=O)[C@H]2CS(=O)(=O)C[C@@H]2N(C)CCc2ccncc2)ccc1F. The minimum absolute atomic E-state index is 0.0407. The van der Waals surface area contributed by atoms with Crippen LogP contribution in [0.2, 0.25) is 0 Å². The maximum atomic E-state index is 13.6. The monoisotopic (exact) mass is 426 g/mol. The van der Waals surface area contributed by atoms with E-state index in [0.717, 1.165) is 11.6 Å². The normalized spacial score (nSPS) is 21.9. The molecule has 0 unspecified atom stereocenters. The van der Waals surface area contributed by atoms with Crippen molar-refractivity contribution in [1.82, 2.24) is 9.88 Å². The summed E-state index contributed by atoms with van der Waals surface area (Å²) in [6, 6.07) is 6.67. The predicted molar refractivity (Wildman–Crippen MR) is 105 cm³/mol. The van der Waals surface area contributed by atoms with Gasteiger partial charge in [0.1, 0.15) is 5.82 Å². The van der Waals surface area contributed by atoms with Crippen LogP contribution >= 0.6 is 0 Å².